The average molecular weight is 292 g/mol. The number of benzene rings is 2. The molecule has 0 spiro atoms. The summed E-state index contributed by atoms with van der Waals surface area (Å²) in [5.41, 5.74) is 2.33. The molecule has 0 amide bonds. The van der Waals surface area contributed by atoms with Crippen LogP contribution in [0, 0.1) is 18.3 Å². The summed E-state index contributed by atoms with van der Waals surface area (Å²) in [5, 5.41) is 13.3. The van der Waals surface area contributed by atoms with Crippen molar-refractivity contribution in [3.05, 3.63) is 59.4 Å². The summed E-state index contributed by atoms with van der Waals surface area (Å²) in [6.45, 7) is 2.68. The Morgan fingerprint density at radius 2 is 1.91 bits per heavy atom. The van der Waals surface area contributed by atoms with E-state index in [0.717, 1.165) is 23.3 Å². The van der Waals surface area contributed by atoms with Crippen LogP contribution in [0.3, 0.4) is 0 Å². The van der Waals surface area contributed by atoms with Gasteiger partial charge in [-0.15, -0.1) is 0 Å². The lowest BCUT2D eigenvalue weighted by Gasteiger charge is -2.07. The van der Waals surface area contributed by atoms with Crippen LogP contribution >= 0.6 is 0 Å². The van der Waals surface area contributed by atoms with Gasteiger partial charge in [0, 0.05) is 17.5 Å². The van der Waals surface area contributed by atoms with Gasteiger partial charge in [-0.3, -0.25) is 0 Å². The van der Waals surface area contributed by atoms with Crippen LogP contribution in [0.25, 0.3) is 11.0 Å². The molecule has 1 heterocycles. The van der Waals surface area contributed by atoms with E-state index >= 15 is 0 Å². The molecule has 0 fully saturated rings. The van der Waals surface area contributed by atoms with Crippen molar-refractivity contribution in [1.29, 1.82) is 5.26 Å². The highest BCUT2D eigenvalue weighted by Gasteiger charge is 2.15. The van der Waals surface area contributed by atoms with Crippen LogP contribution in [0.2, 0.25) is 0 Å². The highest BCUT2D eigenvalue weighted by atomic mass is 16.5. The molecule has 4 heteroatoms. The van der Waals surface area contributed by atoms with Crippen molar-refractivity contribution in [1.82, 2.24) is 5.32 Å². The molecule has 0 radical (unpaired) electrons. The van der Waals surface area contributed by atoms with Crippen LogP contribution in [0.4, 0.5) is 0 Å². The molecule has 0 aliphatic heterocycles. The van der Waals surface area contributed by atoms with Gasteiger partial charge in [0.25, 0.3) is 0 Å². The Morgan fingerprint density at radius 3 is 2.68 bits per heavy atom. The molecule has 0 saturated heterocycles. The predicted octanol–water partition coefficient (Wildman–Crippen LogP) is 4.12. The minimum absolute atomic E-state index is 0.498. The first-order chi connectivity index (χ1) is 10.7. The van der Waals surface area contributed by atoms with Crippen molar-refractivity contribution in [2.75, 3.05) is 7.05 Å². The monoisotopic (exact) mass is 292 g/mol. The summed E-state index contributed by atoms with van der Waals surface area (Å²) < 4.78 is 11.8. The third-order valence-corrected chi connectivity index (χ3v) is 3.57. The van der Waals surface area contributed by atoms with Gasteiger partial charge in [0.05, 0.1) is 5.56 Å². The van der Waals surface area contributed by atoms with Gasteiger partial charge in [0.15, 0.2) is 11.3 Å². The number of nitriles is 1. The first-order valence-electron chi connectivity index (χ1n) is 7.07. The van der Waals surface area contributed by atoms with Crippen molar-refractivity contribution in [2.45, 2.75) is 13.5 Å². The third-order valence-electron chi connectivity index (χ3n) is 3.57. The average Bonchev–Trinajstić information content (AvgIpc) is 2.86. The molecule has 0 atom stereocenters. The number of nitrogens with one attached hydrogen (secondary N) is 1. The number of ether oxygens (including phenoxy) is 1. The number of aryl methyl sites for hydroxylation is 1. The lowest BCUT2D eigenvalue weighted by atomic mass is 10.1. The Morgan fingerprint density at radius 1 is 1.14 bits per heavy atom. The molecule has 0 bridgehead atoms. The Balaban J connectivity index is 2.09. The molecule has 3 aromatic rings. The second-order valence-corrected chi connectivity index (χ2v) is 5.01. The molecule has 0 unspecified atom stereocenters. The Bertz CT molecular complexity index is 859. The van der Waals surface area contributed by atoms with Crippen LogP contribution in [-0.4, -0.2) is 7.05 Å². The van der Waals surface area contributed by atoms with Gasteiger partial charge in [-0.2, -0.15) is 5.26 Å². The summed E-state index contributed by atoms with van der Waals surface area (Å²) in [6.07, 6.45) is 0. The molecule has 4 nitrogen and oxygen atoms in total. The van der Waals surface area contributed by atoms with E-state index in [1.807, 2.05) is 44.3 Å². The second kappa shape index (κ2) is 5.92. The molecule has 0 aliphatic carbocycles. The van der Waals surface area contributed by atoms with Crippen LogP contribution in [-0.2, 0) is 6.54 Å². The summed E-state index contributed by atoms with van der Waals surface area (Å²) in [6, 6.07) is 15.1. The molecule has 0 saturated carbocycles. The van der Waals surface area contributed by atoms with Gasteiger partial charge in [-0.05, 0) is 32.2 Å². The number of rotatable bonds is 4. The summed E-state index contributed by atoms with van der Waals surface area (Å²) >= 11 is 0. The highest BCUT2D eigenvalue weighted by Crippen LogP contribution is 2.35. The Hall–Kier alpha value is -2.77. The fourth-order valence-corrected chi connectivity index (χ4v) is 2.51. The molecule has 1 aromatic heterocycles. The second-order valence-electron chi connectivity index (χ2n) is 5.01. The van der Waals surface area contributed by atoms with E-state index in [2.05, 4.69) is 11.4 Å². The van der Waals surface area contributed by atoms with Crippen molar-refractivity contribution >= 4 is 11.0 Å². The molecule has 2 aromatic carbocycles. The number of nitrogens with zero attached hydrogens (tertiary/aromatic N) is 1. The van der Waals surface area contributed by atoms with Gasteiger partial charge < -0.3 is 14.5 Å². The fraction of sp³-hybridized carbons (Fsp3) is 0.167. The lowest BCUT2D eigenvalue weighted by Crippen LogP contribution is -2.05. The molecular weight excluding hydrogens is 276 g/mol. The van der Waals surface area contributed by atoms with Gasteiger partial charge >= 0.3 is 0 Å². The number of para-hydroxylation sites is 2. The zero-order valence-electron chi connectivity index (χ0n) is 12.5. The maximum absolute atomic E-state index is 9.17. The van der Waals surface area contributed by atoms with E-state index in [4.69, 9.17) is 14.4 Å². The van der Waals surface area contributed by atoms with Crippen LogP contribution in [0.5, 0.6) is 11.5 Å². The minimum atomic E-state index is 0.498. The Labute approximate surface area is 128 Å². The number of fused-ring (bicyclic) bond motifs is 1. The first kappa shape index (κ1) is 14.2. The zero-order valence-corrected chi connectivity index (χ0v) is 12.5. The quantitative estimate of drug-likeness (QED) is 0.785. The van der Waals surface area contributed by atoms with Crippen LogP contribution in [0.15, 0.2) is 46.9 Å². The van der Waals surface area contributed by atoms with Crippen LogP contribution in [0.1, 0.15) is 16.9 Å². The minimum Gasteiger partial charge on any atom is -0.457 e. The van der Waals surface area contributed by atoms with Gasteiger partial charge in [-0.1, -0.05) is 24.3 Å². The third kappa shape index (κ3) is 2.43. The molecule has 0 aliphatic rings. The number of furan rings is 1. The zero-order chi connectivity index (χ0) is 15.5. The van der Waals surface area contributed by atoms with Crippen molar-refractivity contribution in [2.24, 2.45) is 0 Å². The van der Waals surface area contributed by atoms with Crippen molar-refractivity contribution in [3.8, 4) is 17.6 Å². The number of hydrogen-bond acceptors (Lipinski definition) is 4. The van der Waals surface area contributed by atoms with Crippen LogP contribution < -0.4 is 10.1 Å². The normalized spacial score (nSPS) is 10.6. The van der Waals surface area contributed by atoms with Gasteiger partial charge in [-0.25, -0.2) is 0 Å². The molecule has 1 N–H and O–H groups in total. The van der Waals surface area contributed by atoms with E-state index in [0.29, 0.717) is 22.6 Å². The number of hydrogen-bond donors (Lipinski definition) is 1. The maximum Gasteiger partial charge on any atom is 0.177 e. The van der Waals surface area contributed by atoms with E-state index in [9.17, 15) is 0 Å². The smallest absolute Gasteiger partial charge is 0.177 e. The SMILES string of the molecule is CNCc1c(C)oc2c(Oc3ccccc3C#N)cccc12. The maximum atomic E-state index is 9.17. The molecular formula is C18H16N2O2. The van der Waals surface area contributed by atoms with E-state index < -0.39 is 0 Å². The summed E-state index contributed by atoms with van der Waals surface area (Å²) in [5.74, 6) is 2.02. The highest BCUT2D eigenvalue weighted by molar-refractivity contribution is 5.87. The molecule has 22 heavy (non-hydrogen) atoms. The largest absolute Gasteiger partial charge is 0.457 e. The lowest BCUT2D eigenvalue weighted by molar-refractivity contribution is 0.467. The van der Waals surface area contributed by atoms with E-state index in [1.165, 1.54) is 0 Å². The van der Waals surface area contributed by atoms with E-state index in [1.54, 1.807) is 12.1 Å². The van der Waals surface area contributed by atoms with Crippen molar-refractivity contribution < 1.29 is 9.15 Å². The summed E-state index contributed by atoms with van der Waals surface area (Å²) in [7, 11) is 1.90. The Kier molecular flexibility index (Phi) is 3.82. The standard InChI is InChI=1S/C18H16N2O2/c1-12-15(11-20-2)14-7-5-9-17(18(14)21-12)22-16-8-4-3-6-13(16)10-19/h3-9,20H,11H2,1-2H3. The van der Waals surface area contributed by atoms with Crippen molar-refractivity contribution in [3.63, 3.8) is 0 Å². The first-order valence-corrected chi connectivity index (χ1v) is 7.07. The molecule has 3 rings (SSSR count). The predicted molar refractivity (Wildman–Crippen MR) is 84.9 cm³/mol. The molecule has 110 valence electrons. The van der Waals surface area contributed by atoms with Gasteiger partial charge in [0.2, 0.25) is 0 Å². The van der Waals surface area contributed by atoms with E-state index in [-0.39, 0.29) is 0 Å². The summed E-state index contributed by atoms with van der Waals surface area (Å²) in [4.78, 5) is 0. The van der Waals surface area contributed by atoms with Gasteiger partial charge in [0.1, 0.15) is 17.6 Å². The fourth-order valence-electron chi connectivity index (χ4n) is 2.51. The topological polar surface area (TPSA) is 58.2 Å².